The van der Waals surface area contributed by atoms with Crippen molar-refractivity contribution in [1.29, 1.82) is 0 Å². The maximum atomic E-state index is 12.8. The zero-order valence-corrected chi connectivity index (χ0v) is 15.6. The SMILES string of the molecule is O=C(Nc1c[nH]c2ccc(-c3ccccc3)nc12)NC1CCC(C(F)(F)F)CC1. The molecule has 0 atom stereocenters. The van der Waals surface area contributed by atoms with Gasteiger partial charge < -0.3 is 15.6 Å². The molecule has 8 heteroatoms. The molecule has 0 aliphatic heterocycles. The molecule has 1 fully saturated rings. The molecule has 1 aliphatic carbocycles. The van der Waals surface area contributed by atoms with E-state index in [0.29, 0.717) is 24.0 Å². The van der Waals surface area contributed by atoms with Crippen LogP contribution >= 0.6 is 0 Å². The highest BCUT2D eigenvalue weighted by Crippen LogP contribution is 2.37. The normalized spacial score (nSPS) is 19.8. The number of urea groups is 1. The number of fused-ring (bicyclic) bond motifs is 1. The first-order valence-electron chi connectivity index (χ1n) is 9.58. The number of anilines is 1. The Morgan fingerprint density at radius 1 is 1.03 bits per heavy atom. The molecule has 1 aromatic carbocycles. The lowest BCUT2D eigenvalue weighted by Gasteiger charge is -2.30. The van der Waals surface area contributed by atoms with E-state index in [4.69, 9.17) is 0 Å². The van der Waals surface area contributed by atoms with Gasteiger partial charge in [0.25, 0.3) is 0 Å². The molecule has 0 saturated heterocycles. The van der Waals surface area contributed by atoms with E-state index in [0.717, 1.165) is 16.8 Å². The smallest absolute Gasteiger partial charge is 0.358 e. The molecule has 1 aliphatic rings. The highest BCUT2D eigenvalue weighted by atomic mass is 19.4. The largest absolute Gasteiger partial charge is 0.391 e. The number of hydrogen-bond acceptors (Lipinski definition) is 2. The third-order valence-corrected chi connectivity index (χ3v) is 5.37. The lowest BCUT2D eigenvalue weighted by molar-refractivity contribution is -0.182. The van der Waals surface area contributed by atoms with Gasteiger partial charge in [0, 0.05) is 17.8 Å². The number of nitrogens with zero attached hydrogens (tertiary/aromatic N) is 1. The van der Waals surface area contributed by atoms with Gasteiger partial charge in [-0.25, -0.2) is 9.78 Å². The third kappa shape index (κ3) is 4.36. The fourth-order valence-electron chi connectivity index (χ4n) is 3.77. The molecule has 3 aromatic rings. The highest BCUT2D eigenvalue weighted by molar-refractivity contribution is 5.99. The number of H-pyrrole nitrogens is 1. The molecule has 1 saturated carbocycles. The average molecular weight is 402 g/mol. The van der Waals surface area contributed by atoms with Crippen LogP contribution in [-0.4, -0.2) is 28.2 Å². The minimum Gasteiger partial charge on any atom is -0.358 e. The quantitative estimate of drug-likeness (QED) is 0.544. The summed E-state index contributed by atoms with van der Waals surface area (Å²) in [6.07, 6.45) is -1.76. The minimum atomic E-state index is -4.15. The lowest BCUT2D eigenvalue weighted by Crippen LogP contribution is -2.41. The highest BCUT2D eigenvalue weighted by Gasteiger charge is 2.41. The monoisotopic (exact) mass is 402 g/mol. The van der Waals surface area contributed by atoms with Crippen molar-refractivity contribution >= 4 is 22.8 Å². The first-order valence-corrected chi connectivity index (χ1v) is 9.58. The number of aromatic amines is 1. The molecule has 4 rings (SSSR count). The number of pyridine rings is 1. The number of hydrogen-bond donors (Lipinski definition) is 3. The van der Waals surface area contributed by atoms with Gasteiger partial charge in [0.1, 0.15) is 5.52 Å². The average Bonchev–Trinajstić information content (AvgIpc) is 3.10. The maximum absolute atomic E-state index is 12.8. The second-order valence-electron chi connectivity index (χ2n) is 7.35. The number of benzene rings is 1. The summed E-state index contributed by atoms with van der Waals surface area (Å²) in [5.41, 5.74) is 3.69. The van der Waals surface area contributed by atoms with Gasteiger partial charge in [-0.15, -0.1) is 0 Å². The number of amides is 2. The lowest BCUT2D eigenvalue weighted by atomic mass is 9.86. The molecule has 0 unspecified atom stereocenters. The summed E-state index contributed by atoms with van der Waals surface area (Å²) >= 11 is 0. The maximum Gasteiger partial charge on any atom is 0.391 e. The Labute approximate surface area is 165 Å². The van der Waals surface area contributed by atoms with E-state index in [-0.39, 0.29) is 18.9 Å². The molecule has 0 spiro atoms. The van der Waals surface area contributed by atoms with Crippen LogP contribution in [-0.2, 0) is 0 Å². The van der Waals surface area contributed by atoms with E-state index in [1.54, 1.807) is 6.20 Å². The van der Waals surface area contributed by atoms with Crippen LogP contribution in [0, 0.1) is 5.92 Å². The fourth-order valence-corrected chi connectivity index (χ4v) is 3.77. The molecule has 2 aromatic heterocycles. The summed E-state index contributed by atoms with van der Waals surface area (Å²) in [6.45, 7) is 0. The number of carbonyl (C=O) groups excluding carboxylic acids is 1. The molecular weight excluding hydrogens is 381 g/mol. The van der Waals surface area contributed by atoms with Crippen LogP contribution in [0.3, 0.4) is 0 Å². The molecule has 29 heavy (non-hydrogen) atoms. The van der Waals surface area contributed by atoms with Crippen molar-refractivity contribution in [3.05, 3.63) is 48.7 Å². The Morgan fingerprint density at radius 2 is 1.76 bits per heavy atom. The number of aromatic nitrogens is 2. The number of rotatable bonds is 3. The fraction of sp³-hybridized carbons (Fsp3) is 0.333. The van der Waals surface area contributed by atoms with Crippen LogP contribution in [0.25, 0.3) is 22.3 Å². The Balaban J connectivity index is 1.42. The van der Waals surface area contributed by atoms with Gasteiger partial charge in [-0.3, -0.25) is 0 Å². The summed E-state index contributed by atoms with van der Waals surface area (Å²) in [6, 6.07) is 12.8. The zero-order chi connectivity index (χ0) is 20.4. The van der Waals surface area contributed by atoms with Crippen LogP contribution in [0.15, 0.2) is 48.7 Å². The topological polar surface area (TPSA) is 69.8 Å². The second-order valence-corrected chi connectivity index (χ2v) is 7.35. The predicted molar refractivity (Wildman–Crippen MR) is 105 cm³/mol. The van der Waals surface area contributed by atoms with E-state index in [1.165, 1.54) is 0 Å². The number of halogens is 3. The van der Waals surface area contributed by atoms with Gasteiger partial charge in [-0.1, -0.05) is 30.3 Å². The van der Waals surface area contributed by atoms with E-state index in [2.05, 4.69) is 20.6 Å². The molecule has 152 valence electrons. The second kappa shape index (κ2) is 7.77. The van der Waals surface area contributed by atoms with Crippen molar-refractivity contribution in [2.45, 2.75) is 37.9 Å². The minimum absolute atomic E-state index is 0.0452. The van der Waals surface area contributed by atoms with E-state index < -0.39 is 18.1 Å². The zero-order valence-electron chi connectivity index (χ0n) is 15.6. The molecule has 0 bridgehead atoms. The summed E-state index contributed by atoms with van der Waals surface area (Å²) < 4.78 is 38.3. The number of carbonyl (C=O) groups is 1. The van der Waals surface area contributed by atoms with Crippen molar-refractivity contribution in [2.24, 2.45) is 5.92 Å². The summed E-state index contributed by atoms with van der Waals surface area (Å²) in [5, 5.41) is 5.55. The van der Waals surface area contributed by atoms with Crippen molar-refractivity contribution in [2.75, 3.05) is 5.32 Å². The molecule has 2 amide bonds. The molecular formula is C21H21F3N4O. The van der Waals surface area contributed by atoms with Crippen LogP contribution in [0.4, 0.5) is 23.7 Å². The van der Waals surface area contributed by atoms with Gasteiger partial charge in [0.15, 0.2) is 0 Å². The van der Waals surface area contributed by atoms with Crippen molar-refractivity contribution in [3.63, 3.8) is 0 Å². The Kier molecular flexibility index (Phi) is 5.17. The number of nitrogens with one attached hydrogen (secondary N) is 3. The Hall–Kier alpha value is -3.03. The number of alkyl halides is 3. The van der Waals surface area contributed by atoms with Crippen LogP contribution in [0.1, 0.15) is 25.7 Å². The molecule has 0 radical (unpaired) electrons. The van der Waals surface area contributed by atoms with E-state index in [1.807, 2.05) is 42.5 Å². The molecule has 3 N–H and O–H groups in total. The van der Waals surface area contributed by atoms with Crippen molar-refractivity contribution in [3.8, 4) is 11.3 Å². The summed E-state index contributed by atoms with van der Waals surface area (Å²) in [4.78, 5) is 20.1. The molecule has 2 heterocycles. The standard InChI is InChI=1S/C21H21F3N4O/c22-21(23,24)14-6-8-15(9-7-14)26-20(29)28-18-12-25-17-11-10-16(27-19(17)18)13-4-2-1-3-5-13/h1-5,10-12,14-15,25H,6-9H2,(H2,26,28,29). The van der Waals surface area contributed by atoms with Crippen molar-refractivity contribution in [1.82, 2.24) is 15.3 Å². The third-order valence-electron chi connectivity index (χ3n) is 5.37. The first kappa shape index (κ1) is 19.3. The van der Waals surface area contributed by atoms with E-state index in [9.17, 15) is 18.0 Å². The first-order chi connectivity index (χ1) is 13.9. The van der Waals surface area contributed by atoms with Gasteiger partial charge in [-0.2, -0.15) is 13.2 Å². The van der Waals surface area contributed by atoms with Crippen LogP contribution in [0.2, 0.25) is 0 Å². The predicted octanol–water partition coefficient (Wildman–Crippen LogP) is 5.47. The summed E-state index contributed by atoms with van der Waals surface area (Å²) in [5.74, 6) is -1.27. The molecule has 5 nitrogen and oxygen atoms in total. The van der Waals surface area contributed by atoms with Gasteiger partial charge in [0.2, 0.25) is 0 Å². The van der Waals surface area contributed by atoms with Crippen LogP contribution < -0.4 is 10.6 Å². The van der Waals surface area contributed by atoms with Gasteiger partial charge >= 0.3 is 12.2 Å². The van der Waals surface area contributed by atoms with Crippen molar-refractivity contribution < 1.29 is 18.0 Å². The van der Waals surface area contributed by atoms with Crippen LogP contribution in [0.5, 0.6) is 0 Å². The van der Waals surface area contributed by atoms with Gasteiger partial charge in [-0.05, 0) is 37.8 Å². The Bertz CT molecular complexity index is 992. The Morgan fingerprint density at radius 3 is 2.45 bits per heavy atom. The summed E-state index contributed by atoms with van der Waals surface area (Å²) in [7, 11) is 0. The van der Waals surface area contributed by atoms with E-state index >= 15 is 0 Å². The van der Waals surface area contributed by atoms with Gasteiger partial charge in [0.05, 0.1) is 22.8 Å².